The molecule has 6 nitrogen and oxygen atoms in total. The number of aryl methyl sites for hydroxylation is 1. The summed E-state index contributed by atoms with van der Waals surface area (Å²) in [5.41, 5.74) is 4.86. The Bertz CT molecular complexity index is 1010. The van der Waals surface area contributed by atoms with Crippen molar-refractivity contribution < 1.29 is 4.79 Å². The van der Waals surface area contributed by atoms with Gasteiger partial charge in [0.05, 0.1) is 17.4 Å². The predicted molar refractivity (Wildman–Crippen MR) is 94.2 cm³/mol. The van der Waals surface area contributed by atoms with Crippen molar-refractivity contribution in [3.8, 4) is 0 Å². The summed E-state index contributed by atoms with van der Waals surface area (Å²) in [5, 5.41) is 4.60. The first-order valence-corrected chi connectivity index (χ1v) is 8.63. The molecule has 5 heterocycles. The van der Waals surface area contributed by atoms with Crippen LogP contribution in [-0.4, -0.2) is 36.0 Å². The van der Waals surface area contributed by atoms with E-state index in [0.717, 1.165) is 36.2 Å². The van der Waals surface area contributed by atoms with Crippen molar-refractivity contribution in [3.63, 3.8) is 0 Å². The first-order valence-electron chi connectivity index (χ1n) is 8.63. The summed E-state index contributed by atoms with van der Waals surface area (Å²) in [6.07, 6.45) is 8.28. The number of amides is 1. The molecule has 0 radical (unpaired) electrons. The van der Waals surface area contributed by atoms with Crippen LogP contribution >= 0.6 is 0 Å². The van der Waals surface area contributed by atoms with E-state index < -0.39 is 0 Å². The number of carbonyl (C=O) groups is 1. The van der Waals surface area contributed by atoms with Gasteiger partial charge < -0.3 is 9.47 Å². The van der Waals surface area contributed by atoms with E-state index in [0.29, 0.717) is 5.69 Å². The molecular weight excluding hydrogens is 314 g/mol. The van der Waals surface area contributed by atoms with Crippen LogP contribution in [0.3, 0.4) is 0 Å². The van der Waals surface area contributed by atoms with E-state index in [4.69, 9.17) is 0 Å². The maximum absolute atomic E-state index is 13.2. The Morgan fingerprint density at radius 1 is 1.40 bits per heavy atom. The van der Waals surface area contributed by atoms with Gasteiger partial charge in [-0.25, -0.2) is 9.50 Å². The van der Waals surface area contributed by atoms with Crippen molar-refractivity contribution >= 4 is 17.8 Å². The lowest BCUT2D eigenvalue weighted by Crippen LogP contribution is -2.43. The fraction of sp³-hybridized carbons (Fsp3) is 0.316. The lowest BCUT2D eigenvalue weighted by Gasteiger charge is -2.36. The van der Waals surface area contributed by atoms with Gasteiger partial charge in [0.2, 0.25) is 0 Å². The highest BCUT2D eigenvalue weighted by molar-refractivity contribution is 5.94. The molecule has 2 atom stereocenters. The average molecular weight is 333 g/mol. The molecule has 2 bridgehead atoms. The van der Waals surface area contributed by atoms with Crippen LogP contribution in [0.1, 0.15) is 46.3 Å². The highest BCUT2D eigenvalue weighted by Gasteiger charge is 2.44. The van der Waals surface area contributed by atoms with Crippen molar-refractivity contribution in [1.29, 1.82) is 0 Å². The van der Waals surface area contributed by atoms with E-state index >= 15 is 0 Å². The molecule has 2 aliphatic rings. The van der Waals surface area contributed by atoms with Crippen LogP contribution in [0.2, 0.25) is 0 Å². The second kappa shape index (κ2) is 5.05. The summed E-state index contributed by atoms with van der Waals surface area (Å²) >= 11 is 0. The van der Waals surface area contributed by atoms with Gasteiger partial charge in [-0.3, -0.25) is 4.79 Å². The lowest BCUT2D eigenvalue weighted by atomic mass is 9.98. The van der Waals surface area contributed by atoms with Crippen LogP contribution in [0.5, 0.6) is 0 Å². The van der Waals surface area contributed by atoms with E-state index in [1.165, 1.54) is 5.69 Å². The third-order valence-electron chi connectivity index (χ3n) is 5.46. The highest BCUT2D eigenvalue weighted by Crippen LogP contribution is 2.44. The zero-order chi connectivity index (χ0) is 17.1. The molecule has 5 rings (SSSR count). The van der Waals surface area contributed by atoms with Crippen molar-refractivity contribution in [2.45, 2.75) is 38.3 Å². The molecule has 0 N–H and O–H groups in total. The standard InChI is InChI=1S/C19H19N5O/c1-3-22-8-4-5-16(22)19(25)23-13-6-7-15(23)14-11-20-18-9-12(2)21-24(18)17(14)10-13/h3-5,8-9,11,13,15H,1,6-7,10H2,2H3. The Kier molecular flexibility index (Phi) is 2.92. The molecule has 2 unspecified atom stereocenters. The third-order valence-corrected chi connectivity index (χ3v) is 5.46. The Morgan fingerprint density at radius 2 is 2.28 bits per heavy atom. The summed E-state index contributed by atoms with van der Waals surface area (Å²) in [7, 11) is 0. The van der Waals surface area contributed by atoms with Crippen LogP contribution in [0.15, 0.2) is 37.2 Å². The second-order valence-electron chi connectivity index (χ2n) is 6.86. The predicted octanol–water partition coefficient (Wildman–Crippen LogP) is 2.84. The molecule has 2 aliphatic heterocycles. The van der Waals surface area contributed by atoms with Crippen LogP contribution in [-0.2, 0) is 6.42 Å². The van der Waals surface area contributed by atoms with E-state index in [-0.39, 0.29) is 18.0 Å². The number of fused-ring (bicyclic) bond motifs is 6. The topological polar surface area (TPSA) is 55.4 Å². The van der Waals surface area contributed by atoms with E-state index in [9.17, 15) is 4.79 Å². The average Bonchev–Trinajstić information content (AvgIpc) is 3.30. The van der Waals surface area contributed by atoms with Gasteiger partial charge in [0.25, 0.3) is 5.91 Å². The maximum atomic E-state index is 13.2. The smallest absolute Gasteiger partial charge is 0.271 e. The quantitative estimate of drug-likeness (QED) is 0.725. The normalized spacial score (nSPS) is 21.6. The number of hydrogen-bond acceptors (Lipinski definition) is 3. The number of rotatable bonds is 2. The largest absolute Gasteiger partial charge is 0.327 e. The first-order chi connectivity index (χ1) is 12.2. The summed E-state index contributed by atoms with van der Waals surface area (Å²) in [5.74, 6) is 0.0693. The molecule has 3 aromatic rings. The maximum Gasteiger partial charge on any atom is 0.271 e. The Hall–Kier alpha value is -2.89. The molecule has 0 spiro atoms. The monoisotopic (exact) mass is 333 g/mol. The summed E-state index contributed by atoms with van der Waals surface area (Å²) in [6.45, 7) is 5.77. The number of hydrogen-bond donors (Lipinski definition) is 0. The van der Waals surface area contributed by atoms with E-state index in [1.807, 2.05) is 46.9 Å². The van der Waals surface area contributed by atoms with E-state index in [1.54, 1.807) is 10.8 Å². The van der Waals surface area contributed by atoms with Crippen molar-refractivity contribution in [3.05, 3.63) is 59.8 Å². The zero-order valence-corrected chi connectivity index (χ0v) is 14.1. The zero-order valence-electron chi connectivity index (χ0n) is 14.1. The van der Waals surface area contributed by atoms with Gasteiger partial charge >= 0.3 is 0 Å². The Morgan fingerprint density at radius 3 is 3.12 bits per heavy atom. The number of nitrogens with zero attached hydrogens (tertiary/aromatic N) is 5. The molecule has 126 valence electrons. The number of carbonyl (C=O) groups excluding carboxylic acids is 1. The molecule has 25 heavy (non-hydrogen) atoms. The first kappa shape index (κ1) is 14.5. The molecule has 0 aliphatic carbocycles. The van der Waals surface area contributed by atoms with Gasteiger partial charge in [0.15, 0.2) is 5.65 Å². The lowest BCUT2D eigenvalue weighted by molar-refractivity contribution is 0.0635. The molecule has 6 heteroatoms. The molecule has 3 aromatic heterocycles. The minimum atomic E-state index is 0.0693. The summed E-state index contributed by atoms with van der Waals surface area (Å²) in [4.78, 5) is 19.8. The Labute approximate surface area is 145 Å². The van der Waals surface area contributed by atoms with Gasteiger partial charge in [0.1, 0.15) is 5.69 Å². The van der Waals surface area contributed by atoms with Gasteiger partial charge in [-0.05, 0) is 31.9 Å². The SMILES string of the molecule is C=Cn1cccc1C(=O)N1C2CCC1c1cnc3cc(C)nn3c1C2. The van der Waals surface area contributed by atoms with Crippen LogP contribution in [0, 0.1) is 6.92 Å². The summed E-state index contributed by atoms with van der Waals surface area (Å²) in [6, 6.07) is 6.03. The van der Waals surface area contributed by atoms with Gasteiger partial charge in [-0.15, -0.1) is 0 Å². The van der Waals surface area contributed by atoms with Gasteiger partial charge in [0, 0.05) is 42.7 Å². The van der Waals surface area contributed by atoms with Crippen molar-refractivity contribution in [2.75, 3.05) is 0 Å². The third kappa shape index (κ3) is 1.94. The minimum Gasteiger partial charge on any atom is -0.327 e. The van der Waals surface area contributed by atoms with Crippen LogP contribution in [0.25, 0.3) is 11.8 Å². The number of aromatic nitrogens is 4. The molecular formula is C19H19N5O. The second-order valence-corrected chi connectivity index (χ2v) is 6.86. The van der Waals surface area contributed by atoms with Crippen molar-refractivity contribution in [2.24, 2.45) is 0 Å². The van der Waals surface area contributed by atoms with Gasteiger partial charge in [-0.1, -0.05) is 6.58 Å². The highest BCUT2D eigenvalue weighted by atomic mass is 16.2. The Balaban J connectivity index is 1.61. The molecule has 1 saturated heterocycles. The van der Waals surface area contributed by atoms with Gasteiger partial charge in [-0.2, -0.15) is 5.10 Å². The fourth-order valence-electron chi connectivity index (χ4n) is 4.38. The van der Waals surface area contributed by atoms with Crippen molar-refractivity contribution in [1.82, 2.24) is 24.1 Å². The van der Waals surface area contributed by atoms with E-state index in [2.05, 4.69) is 16.7 Å². The van der Waals surface area contributed by atoms with Crippen LogP contribution in [0.4, 0.5) is 0 Å². The fourth-order valence-corrected chi connectivity index (χ4v) is 4.38. The molecule has 1 amide bonds. The minimum absolute atomic E-state index is 0.0693. The molecule has 1 fully saturated rings. The van der Waals surface area contributed by atoms with Crippen LogP contribution < -0.4 is 0 Å². The summed E-state index contributed by atoms with van der Waals surface area (Å²) < 4.78 is 3.75. The molecule has 0 saturated carbocycles. The molecule has 0 aromatic carbocycles.